The molecule has 0 aliphatic rings. The Hall–Kier alpha value is -3.56. The Bertz CT molecular complexity index is 987. The van der Waals surface area contributed by atoms with Gasteiger partial charge in [0.2, 0.25) is 17.7 Å². The van der Waals surface area contributed by atoms with Crippen LogP contribution in [-0.4, -0.2) is 47.3 Å². The number of aromatic amines is 1. The maximum absolute atomic E-state index is 13.0. The molecule has 1 aromatic carbocycles. The van der Waals surface area contributed by atoms with Crippen LogP contribution in [0.4, 0.5) is 0 Å². The van der Waals surface area contributed by atoms with Crippen molar-refractivity contribution >= 4 is 34.6 Å². The number of nitrogens with one attached hydrogen (secondary N) is 3. The summed E-state index contributed by atoms with van der Waals surface area (Å²) in [6.07, 6.45) is 2.77. The second-order valence-corrected chi connectivity index (χ2v) is 8.75. The average Bonchev–Trinajstić information content (AvgIpc) is 3.11. The van der Waals surface area contributed by atoms with Crippen molar-refractivity contribution in [1.82, 2.24) is 15.6 Å². The number of nitrogens with zero attached hydrogens (tertiary/aromatic N) is 1. The smallest absolute Gasteiger partial charge is 0.243 e. The maximum Gasteiger partial charge on any atom is 0.243 e. The first-order valence-corrected chi connectivity index (χ1v) is 10.5. The SMILES string of the molecule is CC(C)(C)C(=O)NC(CCCN=C(N)N)C(=O)NC(Cc1c[nH]c2ccccc12)C(N)=O. The highest BCUT2D eigenvalue weighted by molar-refractivity contribution is 5.93. The number of rotatable bonds is 10. The van der Waals surface area contributed by atoms with Crippen LogP contribution in [0.1, 0.15) is 39.2 Å². The van der Waals surface area contributed by atoms with E-state index in [0.29, 0.717) is 19.4 Å². The van der Waals surface area contributed by atoms with E-state index in [1.54, 1.807) is 27.0 Å². The fourth-order valence-electron chi connectivity index (χ4n) is 3.16. The zero-order valence-corrected chi connectivity index (χ0v) is 18.8. The van der Waals surface area contributed by atoms with Crippen LogP contribution >= 0.6 is 0 Å². The summed E-state index contributed by atoms with van der Waals surface area (Å²) in [5.41, 5.74) is 17.3. The Labute approximate surface area is 187 Å². The van der Waals surface area contributed by atoms with E-state index in [-0.39, 0.29) is 18.3 Å². The zero-order chi connectivity index (χ0) is 23.9. The Morgan fingerprint density at radius 3 is 2.38 bits per heavy atom. The third kappa shape index (κ3) is 7.00. The number of amides is 3. The van der Waals surface area contributed by atoms with Crippen LogP contribution in [0, 0.1) is 5.41 Å². The van der Waals surface area contributed by atoms with E-state index in [1.165, 1.54) is 0 Å². The van der Waals surface area contributed by atoms with Crippen LogP contribution in [0.2, 0.25) is 0 Å². The van der Waals surface area contributed by atoms with E-state index in [4.69, 9.17) is 17.2 Å². The van der Waals surface area contributed by atoms with Gasteiger partial charge in [0, 0.05) is 35.5 Å². The molecule has 32 heavy (non-hydrogen) atoms. The van der Waals surface area contributed by atoms with Gasteiger partial charge in [-0.25, -0.2) is 0 Å². The molecule has 0 aliphatic carbocycles. The van der Waals surface area contributed by atoms with Crippen LogP contribution in [-0.2, 0) is 20.8 Å². The third-order valence-corrected chi connectivity index (χ3v) is 5.01. The van der Waals surface area contributed by atoms with Crippen molar-refractivity contribution in [2.45, 2.75) is 52.1 Å². The molecule has 2 rings (SSSR count). The Morgan fingerprint density at radius 2 is 1.75 bits per heavy atom. The van der Waals surface area contributed by atoms with Crippen LogP contribution in [0.5, 0.6) is 0 Å². The minimum absolute atomic E-state index is 0.0442. The largest absolute Gasteiger partial charge is 0.370 e. The van der Waals surface area contributed by atoms with Crippen LogP contribution in [0.25, 0.3) is 10.9 Å². The molecule has 0 saturated heterocycles. The molecule has 2 aromatic rings. The molecule has 0 radical (unpaired) electrons. The highest BCUT2D eigenvalue weighted by Gasteiger charge is 2.29. The minimum atomic E-state index is -0.937. The molecule has 9 N–H and O–H groups in total. The Kier molecular flexibility index (Phi) is 8.22. The summed E-state index contributed by atoms with van der Waals surface area (Å²) in [6, 6.07) is 5.85. The van der Waals surface area contributed by atoms with Gasteiger partial charge in [0.25, 0.3) is 0 Å². The molecule has 174 valence electrons. The maximum atomic E-state index is 13.0. The van der Waals surface area contributed by atoms with E-state index in [2.05, 4.69) is 20.6 Å². The van der Waals surface area contributed by atoms with E-state index in [0.717, 1.165) is 16.5 Å². The molecule has 1 heterocycles. The molecule has 3 amide bonds. The number of H-pyrrole nitrogens is 1. The topological polar surface area (TPSA) is 181 Å². The van der Waals surface area contributed by atoms with E-state index in [9.17, 15) is 14.4 Å². The number of nitrogens with two attached hydrogens (primary N) is 3. The lowest BCUT2D eigenvalue weighted by Gasteiger charge is -2.25. The average molecular weight is 444 g/mol. The van der Waals surface area contributed by atoms with E-state index < -0.39 is 29.3 Å². The summed E-state index contributed by atoms with van der Waals surface area (Å²) in [5.74, 6) is -1.48. The molecule has 2 atom stereocenters. The molecule has 0 spiro atoms. The summed E-state index contributed by atoms with van der Waals surface area (Å²) in [5, 5.41) is 6.40. The van der Waals surface area contributed by atoms with Gasteiger partial charge in [-0.2, -0.15) is 0 Å². The first-order chi connectivity index (χ1) is 15.0. The predicted molar refractivity (Wildman–Crippen MR) is 124 cm³/mol. The number of carbonyl (C=O) groups excluding carboxylic acids is 3. The summed E-state index contributed by atoms with van der Waals surface area (Å²) in [6.45, 7) is 5.56. The highest BCUT2D eigenvalue weighted by atomic mass is 16.2. The lowest BCUT2D eigenvalue weighted by molar-refractivity contribution is -0.134. The highest BCUT2D eigenvalue weighted by Crippen LogP contribution is 2.19. The molecule has 1 aromatic heterocycles. The fourth-order valence-corrected chi connectivity index (χ4v) is 3.16. The lowest BCUT2D eigenvalue weighted by atomic mass is 9.94. The number of carbonyl (C=O) groups is 3. The van der Waals surface area contributed by atoms with Gasteiger partial charge in [-0.3, -0.25) is 19.4 Å². The van der Waals surface area contributed by atoms with Gasteiger partial charge in [0.15, 0.2) is 5.96 Å². The zero-order valence-electron chi connectivity index (χ0n) is 18.8. The van der Waals surface area contributed by atoms with E-state index >= 15 is 0 Å². The standard InChI is InChI=1S/C22H33N7O3/c1-22(2,3)20(32)29-16(9-6-10-26-21(24)25)19(31)28-17(18(23)30)11-13-12-27-15-8-5-4-7-14(13)15/h4-5,7-8,12,16-17,27H,6,9-11H2,1-3H3,(H2,23,30)(H,28,31)(H,29,32)(H4,24,25,26). The van der Waals surface area contributed by atoms with Crippen molar-refractivity contribution in [3.8, 4) is 0 Å². The number of benzene rings is 1. The van der Waals surface area contributed by atoms with E-state index in [1.807, 2.05) is 24.3 Å². The molecule has 0 saturated carbocycles. The van der Waals surface area contributed by atoms with Gasteiger partial charge in [-0.1, -0.05) is 39.0 Å². The molecular weight excluding hydrogens is 410 g/mol. The number of primary amides is 1. The predicted octanol–water partition coefficient (Wildman–Crippen LogP) is 0.265. The third-order valence-electron chi connectivity index (χ3n) is 5.01. The van der Waals surface area contributed by atoms with Crippen molar-refractivity contribution in [3.63, 3.8) is 0 Å². The van der Waals surface area contributed by atoms with Crippen molar-refractivity contribution in [1.29, 1.82) is 0 Å². The van der Waals surface area contributed by atoms with Crippen LogP contribution in [0.3, 0.4) is 0 Å². The number of guanidine groups is 1. The molecular formula is C22H33N7O3. The Balaban J connectivity index is 2.14. The van der Waals surface area contributed by atoms with Gasteiger partial charge in [-0.05, 0) is 24.5 Å². The molecule has 10 heteroatoms. The van der Waals surface area contributed by atoms with Gasteiger partial charge < -0.3 is 32.8 Å². The summed E-state index contributed by atoms with van der Waals surface area (Å²) >= 11 is 0. The lowest BCUT2D eigenvalue weighted by Crippen LogP contribution is -2.55. The molecule has 2 unspecified atom stereocenters. The van der Waals surface area contributed by atoms with Gasteiger partial charge in [0.05, 0.1) is 0 Å². The summed E-state index contributed by atoms with van der Waals surface area (Å²) in [7, 11) is 0. The Morgan fingerprint density at radius 1 is 1.06 bits per heavy atom. The minimum Gasteiger partial charge on any atom is -0.370 e. The molecule has 0 fully saturated rings. The molecule has 0 bridgehead atoms. The van der Waals surface area contributed by atoms with Crippen molar-refractivity contribution < 1.29 is 14.4 Å². The monoisotopic (exact) mass is 443 g/mol. The summed E-state index contributed by atoms with van der Waals surface area (Å²) < 4.78 is 0. The normalized spacial score (nSPS) is 13.2. The number of aromatic nitrogens is 1. The van der Waals surface area contributed by atoms with Crippen LogP contribution in [0.15, 0.2) is 35.5 Å². The first-order valence-electron chi connectivity index (χ1n) is 10.5. The second-order valence-electron chi connectivity index (χ2n) is 8.75. The number of aliphatic imine (C=N–C) groups is 1. The van der Waals surface area contributed by atoms with Gasteiger partial charge in [0.1, 0.15) is 12.1 Å². The van der Waals surface area contributed by atoms with Crippen molar-refractivity contribution in [3.05, 3.63) is 36.0 Å². The summed E-state index contributed by atoms with van der Waals surface area (Å²) in [4.78, 5) is 44.6. The van der Waals surface area contributed by atoms with Gasteiger partial charge >= 0.3 is 0 Å². The van der Waals surface area contributed by atoms with Crippen molar-refractivity contribution in [2.75, 3.05) is 6.54 Å². The number of hydrogen-bond donors (Lipinski definition) is 6. The second kappa shape index (κ2) is 10.7. The van der Waals surface area contributed by atoms with Crippen molar-refractivity contribution in [2.24, 2.45) is 27.6 Å². The molecule has 0 aliphatic heterocycles. The fraction of sp³-hybridized carbons (Fsp3) is 0.455. The first kappa shape index (κ1) is 24.7. The number of para-hydroxylation sites is 1. The van der Waals surface area contributed by atoms with Crippen LogP contribution < -0.4 is 27.8 Å². The number of fused-ring (bicyclic) bond motifs is 1. The quantitative estimate of drug-likeness (QED) is 0.175. The van der Waals surface area contributed by atoms with Gasteiger partial charge in [-0.15, -0.1) is 0 Å². The number of hydrogen-bond acceptors (Lipinski definition) is 4. The molecule has 10 nitrogen and oxygen atoms in total.